The number of hydrogen-bond donors (Lipinski definition) is 2. The molecule has 0 aromatic heterocycles. The molecule has 0 radical (unpaired) electrons. The Morgan fingerprint density at radius 2 is 2.22 bits per heavy atom. The standard InChI is InChI=1S/C7H15NO.H2/c9-6-3-7-1-4-8-5-2-7;/h7-9H,1-6H2;1H/i;1+1D. The van der Waals surface area contributed by atoms with Crippen LogP contribution < -0.4 is 5.32 Å². The van der Waals surface area contributed by atoms with E-state index in [0.29, 0.717) is 6.61 Å². The molecule has 0 saturated carbocycles. The predicted octanol–water partition coefficient (Wildman–Crippen LogP) is 0.614. The zero-order valence-electron chi connectivity index (χ0n) is 7.77. The third-order valence-corrected chi connectivity index (χ3v) is 2.00. The molecule has 1 rings (SSSR count). The molecule has 2 heteroatoms. The fraction of sp³-hybridized carbons (Fsp3) is 1.00. The predicted molar refractivity (Wildman–Crippen MR) is 39.4 cm³/mol. The number of aliphatic hydroxyl groups excluding tert-OH is 1. The lowest BCUT2D eigenvalue weighted by Gasteiger charge is -2.21. The zero-order chi connectivity index (χ0) is 8.53. The van der Waals surface area contributed by atoms with E-state index in [1.165, 1.54) is 12.8 Å². The normalized spacial score (nSPS) is 23.2. The van der Waals surface area contributed by atoms with Gasteiger partial charge in [-0.05, 0) is 38.3 Å². The number of aliphatic hydroxyl groups is 1. The molecule has 9 heavy (non-hydrogen) atoms. The van der Waals surface area contributed by atoms with Crippen LogP contribution in [0.3, 0.4) is 0 Å². The summed E-state index contributed by atoms with van der Waals surface area (Å²) in [5, 5.41) is 11.9. The molecule has 1 aliphatic rings. The summed E-state index contributed by atoms with van der Waals surface area (Å²) < 4.78 is 10.0. The second kappa shape index (κ2) is 3.85. The van der Waals surface area contributed by atoms with E-state index >= 15 is 0 Å². The summed E-state index contributed by atoms with van der Waals surface area (Å²) in [4.78, 5) is 0. The maximum atomic E-state index is 8.60. The molecule has 0 aromatic rings. The van der Waals surface area contributed by atoms with Gasteiger partial charge in [0.15, 0.2) is 0 Å². The smallest absolute Gasteiger partial charge is 0.0433 e. The van der Waals surface area contributed by atoms with Crippen LogP contribution in [0.15, 0.2) is 0 Å². The highest BCUT2D eigenvalue weighted by atomic mass is 16.3. The summed E-state index contributed by atoms with van der Waals surface area (Å²) >= 11 is 0. The molecule has 2 N–H and O–H groups in total. The summed E-state index contributed by atoms with van der Waals surface area (Å²) in [6.07, 6.45) is 3.50. The SMILES string of the molecule is OCCC1CCNCC1.[2H][2H]. The van der Waals surface area contributed by atoms with E-state index in [4.69, 9.17) is 8.08 Å². The number of nitrogens with one attached hydrogen (secondary N) is 1. The van der Waals surface area contributed by atoms with Crippen LogP contribution in [0, 0.1) is 5.92 Å². The largest absolute Gasteiger partial charge is 0.396 e. The lowest BCUT2D eigenvalue weighted by molar-refractivity contribution is 0.235. The summed E-state index contributed by atoms with van der Waals surface area (Å²) in [6, 6.07) is 0. The van der Waals surface area contributed by atoms with E-state index in [2.05, 4.69) is 5.32 Å². The van der Waals surface area contributed by atoms with E-state index in [-0.39, 0.29) is 0 Å². The molecule has 0 aromatic carbocycles. The highest BCUT2D eigenvalue weighted by Gasteiger charge is 2.10. The second-order valence-corrected chi connectivity index (χ2v) is 2.71. The Kier molecular flexibility index (Phi) is 2.43. The lowest BCUT2D eigenvalue weighted by atomic mass is 9.95. The Bertz CT molecular complexity index is 74.1. The Morgan fingerprint density at radius 1 is 1.56 bits per heavy atom. The molecule has 1 aliphatic heterocycles. The van der Waals surface area contributed by atoms with Crippen LogP contribution in [0.1, 0.15) is 22.2 Å². The van der Waals surface area contributed by atoms with Crippen LogP contribution >= 0.6 is 0 Å². The van der Waals surface area contributed by atoms with Gasteiger partial charge in [-0.2, -0.15) is 0 Å². The quantitative estimate of drug-likeness (QED) is 0.578. The highest BCUT2D eigenvalue weighted by molar-refractivity contribution is 4.67. The molecule has 1 heterocycles. The van der Waals surface area contributed by atoms with Crippen molar-refractivity contribution in [3.63, 3.8) is 0 Å². The minimum absolute atomic E-state index is 0.366. The van der Waals surface area contributed by atoms with Crippen molar-refractivity contribution in [1.82, 2.24) is 5.32 Å². The number of hydrogen-bond acceptors (Lipinski definition) is 2. The first-order chi connectivity index (χ1) is 5.43. The van der Waals surface area contributed by atoms with Crippen molar-refractivity contribution in [1.29, 1.82) is 0 Å². The molecule has 56 valence electrons. The maximum Gasteiger partial charge on any atom is 0.0433 e. The molecule has 0 aliphatic carbocycles. The molecule has 0 bridgehead atoms. The van der Waals surface area contributed by atoms with Gasteiger partial charge in [-0.3, -0.25) is 0 Å². The summed E-state index contributed by atoms with van der Waals surface area (Å²) in [6.45, 7) is 2.65. The summed E-state index contributed by atoms with van der Waals surface area (Å²) in [5.74, 6) is 0.788. The van der Waals surface area contributed by atoms with E-state index in [1.807, 2.05) is 0 Å². The van der Waals surface area contributed by atoms with Crippen molar-refractivity contribution >= 4 is 0 Å². The van der Waals surface area contributed by atoms with E-state index in [1.54, 1.807) is 0 Å². The monoisotopic (exact) mass is 133 g/mol. The van der Waals surface area contributed by atoms with Crippen molar-refractivity contribution < 1.29 is 8.08 Å². The first-order valence-corrected chi connectivity index (χ1v) is 3.75. The average Bonchev–Trinajstić information content (AvgIpc) is 2.11. The van der Waals surface area contributed by atoms with Crippen LogP contribution in [0.4, 0.5) is 0 Å². The number of piperidine rings is 1. The van der Waals surface area contributed by atoms with Crippen molar-refractivity contribution in [2.24, 2.45) is 5.92 Å². The van der Waals surface area contributed by atoms with Gasteiger partial charge >= 0.3 is 0 Å². The molecule has 1 fully saturated rings. The van der Waals surface area contributed by atoms with E-state index in [0.717, 1.165) is 25.4 Å². The third-order valence-electron chi connectivity index (χ3n) is 2.00. The van der Waals surface area contributed by atoms with E-state index < -0.39 is 0 Å². The maximum absolute atomic E-state index is 8.60. The minimum atomic E-state index is 0.366. The van der Waals surface area contributed by atoms with E-state index in [9.17, 15) is 0 Å². The topological polar surface area (TPSA) is 32.3 Å². The average molecular weight is 133 g/mol. The Hall–Kier alpha value is -0.0800. The minimum Gasteiger partial charge on any atom is -0.396 e. The summed E-state index contributed by atoms with van der Waals surface area (Å²) in [7, 11) is 0. The van der Waals surface area contributed by atoms with Gasteiger partial charge in [0.2, 0.25) is 0 Å². The zero-order valence-corrected chi connectivity index (χ0v) is 5.77. The van der Waals surface area contributed by atoms with Crippen LogP contribution in [-0.2, 0) is 0 Å². The van der Waals surface area contributed by atoms with Crippen molar-refractivity contribution in [3.05, 3.63) is 0 Å². The van der Waals surface area contributed by atoms with Gasteiger partial charge in [0.05, 0.1) is 0 Å². The molecular formula is C7H17NO. The van der Waals surface area contributed by atoms with Crippen LogP contribution in [0.5, 0.6) is 0 Å². The van der Waals surface area contributed by atoms with Gasteiger partial charge in [-0.1, -0.05) is 0 Å². The highest BCUT2D eigenvalue weighted by Crippen LogP contribution is 2.14. The van der Waals surface area contributed by atoms with Crippen LogP contribution in [-0.4, -0.2) is 24.8 Å². The van der Waals surface area contributed by atoms with Gasteiger partial charge in [-0.15, -0.1) is 0 Å². The third kappa shape index (κ3) is 2.33. The Morgan fingerprint density at radius 3 is 2.78 bits per heavy atom. The molecule has 1 saturated heterocycles. The van der Waals surface area contributed by atoms with Gasteiger partial charge in [0.1, 0.15) is 0 Å². The number of rotatable bonds is 2. The van der Waals surface area contributed by atoms with Gasteiger partial charge in [0.25, 0.3) is 0 Å². The summed E-state index contributed by atoms with van der Waals surface area (Å²) in [5.41, 5.74) is 0. The molecule has 0 spiro atoms. The van der Waals surface area contributed by atoms with Gasteiger partial charge < -0.3 is 10.4 Å². The second-order valence-electron chi connectivity index (χ2n) is 2.71. The van der Waals surface area contributed by atoms with Crippen LogP contribution in [0.25, 0.3) is 0 Å². The molecule has 2 nitrogen and oxygen atoms in total. The Balaban J connectivity index is 0.000000461. The van der Waals surface area contributed by atoms with Gasteiger partial charge in [0, 0.05) is 9.58 Å². The fourth-order valence-corrected chi connectivity index (χ4v) is 1.35. The van der Waals surface area contributed by atoms with Crippen molar-refractivity contribution in [2.45, 2.75) is 19.3 Å². The lowest BCUT2D eigenvalue weighted by Crippen LogP contribution is -2.28. The fourth-order valence-electron chi connectivity index (χ4n) is 1.35. The molecular weight excluding hydrogens is 114 g/mol. The molecule has 0 amide bonds. The Labute approximate surface area is 59.4 Å². The van der Waals surface area contributed by atoms with Gasteiger partial charge in [-0.25, -0.2) is 0 Å². The first-order valence-electron chi connectivity index (χ1n) is 4.75. The molecule has 0 atom stereocenters. The first kappa shape index (κ1) is 5.69. The van der Waals surface area contributed by atoms with Crippen molar-refractivity contribution in [2.75, 3.05) is 19.7 Å². The van der Waals surface area contributed by atoms with Crippen molar-refractivity contribution in [3.8, 4) is 0 Å². The van der Waals surface area contributed by atoms with Crippen LogP contribution in [0.2, 0.25) is 0 Å². The molecule has 0 unspecified atom stereocenters.